The van der Waals surface area contributed by atoms with Crippen molar-refractivity contribution in [2.75, 3.05) is 13.7 Å². The molecular formula is C14H18ClNO3. The number of benzene rings is 1. The average Bonchev–Trinajstić information content (AvgIpc) is 2.42. The van der Waals surface area contributed by atoms with Gasteiger partial charge >= 0.3 is 5.97 Å². The third-order valence-electron chi connectivity index (χ3n) is 2.69. The molecule has 1 aromatic rings. The van der Waals surface area contributed by atoms with Gasteiger partial charge in [-0.3, -0.25) is 9.59 Å². The summed E-state index contributed by atoms with van der Waals surface area (Å²) in [5.41, 5.74) is 0.485. The second-order valence-corrected chi connectivity index (χ2v) is 4.53. The van der Waals surface area contributed by atoms with E-state index in [4.69, 9.17) is 11.6 Å². The molecule has 0 aliphatic carbocycles. The number of unbranched alkanes of at least 4 members (excludes halogenated alkanes) is 2. The van der Waals surface area contributed by atoms with Crippen molar-refractivity contribution in [1.82, 2.24) is 5.32 Å². The summed E-state index contributed by atoms with van der Waals surface area (Å²) < 4.78 is 4.54. The van der Waals surface area contributed by atoms with E-state index >= 15 is 0 Å². The molecule has 1 aromatic carbocycles. The van der Waals surface area contributed by atoms with Crippen LogP contribution in [0.3, 0.4) is 0 Å². The number of rotatable bonds is 7. The van der Waals surface area contributed by atoms with Gasteiger partial charge in [-0.2, -0.15) is 0 Å². The number of carbonyl (C=O) groups excluding carboxylic acids is 2. The van der Waals surface area contributed by atoms with Crippen LogP contribution in [0.2, 0.25) is 5.02 Å². The molecular weight excluding hydrogens is 266 g/mol. The number of nitrogens with one attached hydrogen (secondary N) is 1. The first kappa shape index (κ1) is 15.5. The summed E-state index contributed by atoms with van der Waals surface area (Å²) in [4.78, 5) is 22.7. The van der Waals surface area contributed by atoms with Crippen LogP contribution in [0.25, 0.3) is 0 Å². The monoisotopic (exact) mass is 283 g/mol. The van der Waals surface area contributed by atoms with Crippen molar-refractivity contribution in [3.8, 4) is 0 Å². The summed E-state index contributed by atoms with van der Waals surface area (Å²) in [6.45, 7) is 0.575. The topological polar surface area (TPSA) is 55.4 Å². The zero-order valence-corrected chi connectivity index (χ0v) is 11.7. The van der Waals surface area contributed by atoms with E-state index in [0.29, 0.717) is 23.6 Å². The number of hydrogen-bond donors (Lipinski definition) is 1. The minimum atomic E-state index is -0.194. The number of carbonyl (C=O) groups is 2. The molecule has 0 saturated carbocycles. The summed E-state index contributed by atoms with van der Waals surface area (Å²) in [7, 11) is 1.38. The lowest BCUT2D eigenvalue weighted by Gasteiger charge is -2.06. The van der Waals surface area contributed by atoms with Crippen LogP contribution in [0.1, 0.15) is 36.0 Å². The van der Waals surface area contributed by atoms with Crippen LogP contribution < -0.4 is 5.32 Å². The van der Waals surface area contributed by atoms with E-state index in [0.717, 1.165) is 19.3 Å². The Kier molecular flexibility index (Phi) is 6.97. The SMILES string of the molecule is COC(=O)CCCCCNC(=O)c1ccccc1Cl. The molecule has 1 rings (SSSR count). The maximum absolute atomic E-state index is 11.8. The van der Waals surface area contributed by atoms with Gasteiger partial charge in [-0.25, -0.2) is 0 Å². The molecule has 0 heterocycles. The lowest BCUT2D eigenvalue weighted by molar-refractivity contribution is -0.140. The number of esters is 1. The highest BCUT2D eigenvalue weighted by molar-refractivity contribution is 6.33. The van der Waals surface area contributed by atoms with Crippen LogP contribution in [0.4, 0.5) is 0 Å². The van der Waals surface area contributed by atoms with Crippen molar-refractivity contribution in [3.05, 3.63) is 34.9 Å². The quantitative estimate of drug-likeness (QED) is 0.618. The van der Waals surface area contributed by atoms with Gasteiger partial charge in [0.25, 0.3) is 5.91 Å². The Bertz CT molecular complexity index is 434. The van der Waals surface area contributed by atoms with Gasteiger partial charge in [-0.05, 0) is 25.0 Å². The lowest BCUT2D eigenvalue weighted by atomic mass is 10.2. The predicted octanol–water partition coefficient (Wildman–Crippen LogP) is 2.80. The number of ether oxygens (including phenoxy) is 1. The molecule has 5 heteroatoms. The fraction of sp³-hybridized carbons (Fsp3) is 0.429. The Labute approximate surface area is 118 Å². The van der Waals surface area contributed by atoms with E-state index in [1.807, 2.05) is 0 Å². The van der Waals surface area contributed by atoms with Crippen molar-refractivity contribution in [1.29, 1.82) is 0 Å². The Morgan fingerprint density at radius 3 is 2.63 bits per heavy atom. The molecule has 0 aromatic heterocycles. The first-order valence-corrected chi connectivity index (χ1v) is 6.62. The highest BCUT2D eigenvalue weighted by atomic mass is 35.5. The molecule has 0 fully saturated rings. The highest BCUT2D eigenvalue weighted by Gasteiger charge is 2.08. The van der Waals surface area contributed by atoms with Crippen molar-refractivity contribution in [2.45, 2.75) is 25.7 Å². The Balaban J connectivity index is 2.18. The van der Waals surface area contributed by atoms with E-state index in [1.54, 1.807) is 24.3 Å². The molecule has 1 N–H and O–H groups in total. The second kappa shape index (κ2) is 8.53. The third kappa shape index (κ3) is 5.75. The zero-order chi connectivity index (χ0) is 14.1. The van der Waals surface area contributed by atoms with Gasteiger partial charge in [-0.1, -0.05) is 30.2 Å². The number of hydrogen-bond acceptors (Lipinski definition) is 3. The summed E-state index contributed by atoms with van der Waals surface area (Å²) in [6.07, 6.45) is 2.90. The van der Waals surface area contributed by atoms with E-state index < -0.39 is 0 Å². The van der Waals surface area contributed by atoms with Crippen molar-refractivity contribution in [3.63, 3.8) is 0 Å². The van der Waals surface area contributed by atoms with Gasteiger partial charge in [0, 0.05) is 13.0 Å². The minimum Gasteiger partial charge on any atom is -0.469 e. The molecule has 0 unspecified atom stereocenters. The molecule has 0 aliphatic rings. The van der Waals surface area contributed by atoms with Crippen molar-refractivity contribution >= 4 is 23.5 Å². The Morgan fingerprint density at radius 1 is 1.21 bits per heavy atom. The normalized spacial score (nSPS) is 10.0. The lowest BCUT2D eigenvalue weighted by Crippen LogP contribution is -2.24. The first-order chi connectivity index (χ1) is 9.15. The van der Waals surface area contributed by atoms with Gasteiger partial charge in [0.15, 0.2) is 0 Å². The third-order valence-corrected chi connectivity index (χ3v) is 3.02. The van der Waals surface area contributed by atoms with Gasteiger partial charge in [-0.15, -0.1) is 0 Å². The second-order valence-electron chi connectivity index (χ2n) is 4.12. The fourth-order valence-corrected chi connectivity index (χ4v) is 1.84. The number of halogens is 1. The Morgan fingerprint density at radius 2 is 1.95 bits per heavy atom. The van der Waals surface area contributed by atoms with Gasteiger partial charge in [0.2, 0.25) is 0 Å². The molecule has 0 radical (unpaired) electrons. The van der Waals surface area contributed by atoms with Gasteiger partial charge in [0.1, 0.15) is 0 Å². The van der Waals surface area contributed by atoms with Crippen LogP contribution in [-0.4, -0.2) is 25.5 Å². The molecule has 19 heavy (non-hydrogen) atoms. The Hall–Kier alpha value is -1.55. The largest absolute Gasteiger partial charge is 0.469 e. The highest BCUT2D eigenvalue weighted by Crippen LogP contribution is 2.14. The molecule has 0 saturated heterocycles. The number of methoxy groups -OCH3 is 1. The fourth-order valence-electron chi connectivity index (χ4n) is 1.62. The minimum absolute atomic E-state index is 0.168. The molecule has 1 amide bonds. The molecule has 104 valence electrons. The zero-order valence-electron chi connectivity index (χ0n) is 10.9. The molecule has 0 bridgehead atoms. The molecule has 0 aliphatic heterocycles. The van der Waals surface area contributed by atoms with E-state index in [9.17, 15) is 9.59 Å². The summed E-state index contributed by atoms with van der Waals surface area (Å²) in [5.74, 6) is -0.362. The molecule has 0 atom stereocenters. The van der Waals surface area contributed by atoms with Crippen LogP contribution in [0, 0.1) is 0 Å². The summed E-state index contributed by atoms with van der Waals surface area (Å²) >= 11 is 5.92. The standard InChI is InChI=1S/C14H18ClNO3/c1-19-13(17)9-3-2-6-10-16-14(18)11-7-4-5-8-12(11)15/h4-5,7-8H,2-3,6,9-10H2,1H3,(H,16,18). The molecule has 4 nitrogen and oxygen atoms in total. The van der Waals surface area contributed by atoms with E-state index in [-0.39, 0.29) is 11.9 Å². The number of amides is 1. The van der Waals surface area contributed by atoms with Crippen LogP contribution in [0.5, 0.6) is 0 Å². The summed E-state index contributed by atoms with van der Waals surface area (Å²) in [6, 6.07) is 6.94. The maximum atomic E-state index is 11.8. The first-order valence-electron chi connectivity index (χ1n) is 6.24. The van der Waals surface area contributed by atoms with Gasteiger partial charge in [0.05, 0.1) is 17.7 Å². The maximum Gasteiger partial charge on any atom is 0.305 e. The average molecular weight is 284 g/mol. The van der Waals surface area contributed by atoms with E-state index in [1.165, 1.54) is 7.11 Å². The van der Waals surface area contributed by atoms with Crippen molar-refractivity contribution in [2.24, 2.45) is 0 Å². The smallest absolute Gasteiger partial charge is 0.305 e. The van der Waals surface area contributed by atoms with E-state index in [2.05, 4.69) is 10.1 Å². The van der Waals surface area contributed by atoms with Crippen molar-refractivity contribution < 1.29 is 14.3 Å². The molecule has 0 spiro atoms. The van der Waals surface area contributed by atoms with Crippen LogP contribution in [-0.2, 0) is 9.53 Å². The van der Waals surface area contributed by atoms with Crippen LogP contribution >= 0.6 is 11.6 Å². The predicted molar refractivity (Wildman–Crippen MR) is 74.3 cm³/mol. The van der Waals surface area contributed by atoms with Crippen LogP contribution in [0.15, 0.2) is 24.3 Å². The van der Waals surface area contributed by atoms with Gasteiger partial charge < -0.3 is 10.1 Å². The summed E-state index contributed by atoms with van der Waals surface area (Å²) in [5, 5.41) is 3.25.